The van der Waals surface area contributed by atoms with Crippen molar-refractivity contribution in [1.82, 2.24) is 4.90 Å². The van der Waals surface area contributed by atoms with Crippen molar-refractivity contribution in [3.05, 3.63) is 0 Å². The molecular weight excluding hydrogens is 208 g/mol. The van der Waals surface area contributed by atoms with E-state index in [1.807, 2.05) is 0 Å². The summed E-state index contributed by atoms with van der Waals surface area (Å²) in [4.78, 5) is 2.57. The molecule has 2 atom stereocenters. The number of unbranched alkanes of at least 4 members (excludes halogenated alkanes) is 3. The fourth-order valence-corrected chi connectivity index (χ4v) is 3.33. The first kappa shape index (κ1) is 15.0. The Hall–Kier alpha value is -0.0800. The third kappa shape index (κ3) is 4.26. The van der Waals surface area contributed by atoms with Gasteiger partial charge < -0.3 is 5.73 Å². The Morgan fingerprint density at radius 2 is 2.06 bits per heavy atom. The van der Waals surface area contributed by atoms with Crippen molar-refractivity contribution in [2.45, 2.75) is 70.8 Å². The molecule has 0 saturated heterocycles. The molecule has 2 unspecified atom stereocenters. The monoisotopic (exact) mass is 240 g/mol. The molecule has 17 heavy (non-hydrogen) atoms. The lowest BCUT2D eigenvalue weighted by atomic mass is 9.75. The molecule has 0 aliphatic heterocycles. The standard InChI is InChI=1S/C15H32N2/c1-4-5-6-7-11-17(3)15(13-16)10-8-9-14(2)12-15/h14H,4-13,16H2,1-3H3. The summed E-state index contributed by atoms with van der Waals surface area (Å²) >= 11 is 0. The second-order valence-electron chi connectivity index (χ2n) is 6.11. The van der Waals surface area contributed by atoms with Crippen LogP contribution in [0.25, 0.3) is 0 Å². The maximum atomic E-state index is 6.09. The highest BCUT2D eigenvalue weighted by Gasteiger charge is 2.36. The highest BCUT2D eigenvalue weighted by molar-refractivity contribution is 4.94. The van der Waals surface area contributed by atoms with E-state index in [4.69, 9.17) is 5.73 Å². The van der Waals surface area contributed by atoms with Crippen LogP contribution in [0.4, 0.5) is 0 Å². The second-order valence-corrected chi connectivity index (χ2v) is 6.11. The van der Waals surface area contributed by atoms with Gasteiger partial charge in [-0.2, -0.15) is 0 Å². The summed E-state index contributed by atoms with van der Waals surface area (Å²) in [7, 11) is 2.29. The molecule has 1 fully saturated rings. The quantitative estimate of drug-likeness (QED) is 0.691. The summed E-state index contributed by atoms with van der Waals surface area (Å²) in [6, 6.07) is 0. The fraction of sp³-hybridized carbons (Fsp3) is 1.00. The Kier molecular flexibility index (Phi) is 6.50. The minimum Gasteiger partial charge on any atom is -0.329 e. The van der Waals surface area contributed by atoms with E-state index < -0.39 is 0 Å². The van der Waals surface area contributed by atoms with E-state index in [1.165, 1.54) is 57.9 Å². The van der Waals surface area contributed by atoms with E-state index in [0.29, 0.717) is 5.54 Å². The van der Waals surface area contributed by atoms with Crippen LogP contribution in [0.15, 0.2) is 0 Å². The molecule has 0 radical (unpaired) electrons. The summed E-state index contributed by atoms with van der Waals surface area (Å²) in [5.41, 5.74) is 6.40. The van der Waals surface area contributed by atoms with E-state index in [0.717, 1.165) is 12.5 Å². The Bertz CT molecular complexity index is 205. The number of hydrogen-bond acceptors (Lipinski definition) is 2. The normalized spacial score (nSPS) is 29.8. The molecule has 0 aromatic rings. The first-order valence-electron chi connectivity index (χ1n) is 7.56. The van der Waals surface area contributed by atoms with Crippen molar-refractivity contribution in [3.8, 4) is 0 Å². The second kappa shape index (κ2) is 7.38. The van der Waals surface area contributed by atoms with Gasteiger partial charge in [-0.1, -0.05) is 46.0 Å². The van der Waals surface area contributed by atoms with Crippen molar-refractivity contribution in [1.29, 1.82) is 0 Å². The Labute approximate surface area is 108 Å². The molecule has 0 bridgehead atoms. The predicted molar refractivity (Wildman–Crippen MR) is 76.2 cm³/mol. The molecule has 0 aromatic carbocycles. The predicted octanol–water partition coefficient (Wildman–Crippen LogP) is 3.41. The Morgan fingerprint density at radius 1 is 1.29 bits per heavy atom. The van der Waals surface area contributed by atoms with Gasteiger partial charge in [-0.25, -0.2) is 0 Å². The summed E-state index contributed by atoms with van der Waals surface area (Å²) in [6.45, 7) is 6.72. The molecular formula is C15H32N2. The van der Waals surface area contributed by atoms with Crippen molar-refractivity contribution in [3.63, 3.8) is 0 Å². The average molecular weight is 240 g/mol. The van der Waals surface area contributed by atoms with Crippen LogP contribution in [-0.4, -0.2) is 30.6 Å². The molecule has 1 saturated carbocycles. The molecule has 2 N–H and O–H groups in total. The largest absolute Gasteiger partial charge is 0.329 e. The van der Waals surface area contributed by atoms with E-state index in [1.54, 1.807) is 0 Å². The molecule has 0 amide bonds. The Balaban J connectivity index is 2.41. The topological polar surface area (TPSA) is 29.3 Å². The van der Waals surface area contributed by atoms with E-state index in [-0.39, 0.29) is 0 Å². The van der Waals surface area contributed by atoms with Crippen LogP contribution in [0.1, 0.15) is 65.2 Å². The van der Waals surface area contributed by atoms with Crippen LogP contribution >= 0.6 is 0 Å². The first-order valence-corrected chi connectivity index (χ1v) is 7.56. The lowest BCUT2D eigenvalue weighted by Crippen LogP contribution is -2.54. The van der Waals surface area contributed by atoms with Crippen molar-refractivity contribution < 1.29 is 0 Å². The van der Waals surface area contributed by atoms with Crippen LogP contribution in [-0.2, 0) is 0 Å². The van der Waals surface area contributed by atoms with Crippen LogP contribution < -0.4 is 5.73 Å². The van der Waals surface area contributed by atoms with E-state index in [2.05, 4.69) is 25.8 Å². The van der Waals surface area contributed by atoms with Crippen LogP contribution in [0.2, 0.25) is 0 Å². The third-order valence-corrected chi connectivity index (χ3v) is 4.60. The number of rotatable bonds is 7. The number of nitrogens with two attached hydrogens (primary N) is 1. The zero-order chi connectivity index (χ0) is 12.7. The summed E-state index contributed by atoms with van der Waals surface area (Å²) < 4.78 is 0. The molecule has 0 heterocycles. The molecule has 1 aliphatic carbocycles. The zero-order valence-electron chi connectivity index (χ0n) is 12.2. The molecule has 0 spiro atoms. The van der Waals surface area contributed by atoms with Crippen LogP contribution in [0.3, 0.4) is 0 Å². The number of hydrogen-bond donors (Lipinski definition) is 1. The van der Waals surface area contributed by atoms with Crippen molar-refractivity contribution >= 4 is 0 Å². The summed E-state index contributed by atoms with van der Waals surface area (Å²) in [6.07, 6.45) is 10.8. The molecule has 2 nitrogen and oxygen atoms in total. The number of nitrogens with zero attached hydrogens (tertiary/aromatic N) is 1. The SMILES string of the molecule is CCCCCCN(C)C1(CN)CCCC(C)C1. The minimum absolute atomic E-state index is 0.309. The van der Waals surface area contributed by atoms with Crippen LogP contribution in [0, 0.1) is 5.92 Å². The lowest BCUT2D eigenvalue weighted by Gasteiger charge is -2.46. The fourth-order valence-electron chi connectivity index (χ4n) is 3.33. The average Bonchev–Trinajstić information content (AvgIpc) is 2.34. The van der Waals surface area contributed by atoms with Gasteiger partial charge in [-0.05, 0) is 38.8 Å². The molecule has 102 valence electrons. The van der Waals surface area contributed by atoms with Gasteiger partial charge >= 0.3 is 0 Å². The molecule has 2 heteroatoms. The van der Waals surface area contributed by atoms with Gasteiger partial charge in [0.15, 0.2) is 0 Å². The highest BCUT2D eigenvalue weighted by Crippen LogP contribution is 2.35. The maximum absolute atomic E-state index is 6.09. The Morgan fingerprint density at radius 3 is 2.65 bits per heavy atom. The van der Waals surface area contributed by atoms with Crippen molar-refractivity contribution in [2.24, 2.45) is 11.7 Å². The maximum Gasteiger partial charge on any atom is 0.0331 e. The van der Waals surface area contributed by atoms with Gasteiger partial charge in [-0.3, -0.25) is 4.90 Å². The van der Waals surface area contributed by atoms with Gasteiger partial charge in [0.1, 0.15) is 0 Å². The summed E-state index contributed by atoms with van der Waals surface area (Å²) in [5.74, 6) is 0.852. The highest BCUT2D eigenvalue weighted by atomic mass is 15.2. The van der Waals surface area contributed by atoms with E-state index >= 15 is 0 Å². The van der Waals surface area contributed by atoms with Gasteiger partial charge in [-0.15, -0.1) is 0 Å². The minimum atomic E-state index is 0.309. The molecule has 1 aliphatic rings. The lowest BCUT2D eigenvalue weighted by molar-refractivity contribution is 0.0602. The van der Waals surface area contributed by atoms with Gasteiger partial charge in [0.05, 0.1) is 0 Å². The van der Waals surface area contributed by atoms with Crippen LogP contribution in [0.5, 0.6) is 0 Å². The van der Waals surface area contributed by atoms with E-state index in [9.17, 15) is 0 Å². The van der Waals surface area contributed by atoms with Crippen molar-refractivity contribution in [2.75, 3.05) is 20.1 Å². The van der Waals surface area contributed by atoms with Gasteiger partial charge in [0, 0.05) is 12.1 Å². The molecule has 1 rings (SSSR count). The van der Waals surface area contributed by atoms with Gasteiger partial charge in [0.2, 0.25) is 0 Å². The van der Waals surface area contributed by atoms with Gasteiger partial charge in [0.25, 0.3) is 0 Å². The smallest absolute Gasteiger partial charge is 0.0331 e. The summed E-state index contributed by atoms with van der Waals surface area (Å²) in [5, 5.41) is 0. The number of likely N-dealkylation sites (N-methyl/N-ethyl adjacent to an activating group) is 1. The first-order chi connectivity index (χ1) is 8.14. The zero-order valence-corrected chi connectivity index (χ0v) is 12.2. The molecule has 0 aromatic heterocycles. The third-order valence-electron chi connectivity index (χ3n) is 4.60.